The molecule has 0 amide bonds. The standard InChI is InChI=1S/C11H22N4O/c1-5-8-12-9(4)10-13-11(14-16-10)15(6-2)7-3/h9,12H,5-8H2,1-4H3. The summed E-state index contributed by atoms with van der Waals surface area (Å²) < 4.78 is 5.24. The molecule has 1 unspecified atom stereocenters. The highest BCUT2D eigenvalue weighted by Crippen LogP contribution is 2.14. The van der Waals surface area contributed by atoms with Gasteiger partial charge >= 0.3 is 0 Å². The molecule has 5 nitrogen and oxygen atoms in total. The first-order chi connectivity index (χ1) is 7.72. The summed E-state index contributed by atoms with van der Waals surface area (Å²) in [5, 5.41) is 7.31. The lowest BCUT2D eigenvalue weighted by molar-refractivity contribution is 0.339. The van der Waals surface area contributed by atoms with E-state index in [-0.39, 0.29) is 6.04 Å². The van der Waals surface area contributed by atoms with E-state index in [1.165, 1.54) is 0 Å². The van der Waals surface area contributed by atoms with E-state index in [1.54, 1.807) is 0 Å². The smallest absolute Gasteiger partial charge is 0.266 e. The minimum absolute atomic E-state index is 0.122. The molecule has 1 atom stereocenters. The van der Waals surface area contributed by atoms with Crippen LogP contribution in [0, 0.1) is 0 Å². The second-order valence-corrected chi connectivity index (χ2v) is 3.78. The van der Waals surface area contributed by atoms with Gasteiger partial charge in [0.2, 0.25) is 5.89 Å². The predicted octanol–water partition coefficient (Wildman–Crippen LogP) is 1.98. The lowest BCUT2D eigenvalue weighted by atomic mass is 10.3. The fourth-order valence-corrected chi connectivity index (χ4v) is 1.49. The van der Waals surface area contributed by atoms with Crippen LogP contribution in [0.25, 0.3) is 0 Å². The number of hydrogen-bond donors (Lipinski definition) is 1. The molecule has 92 valence electrons. The highest BCUT2D eigenvalue weighted by Gasteiger charge is 2.15. The quantitative estimate of drug-likeness (QED) is 0.770. The van der Waals surface area contributed by atoms with Crippen LogP contribution in [0.3, 0.4) is 0 Å². The van der Waals surface area contributed by atoms with Crippen molar-refractivity contribution in [2.75, 3.05) is 24.5 Å². The first-order valence-electron chi connectivity index (χ1n) is 6.04. The van der Waals surface area contributed by atoms with Gasteiger partial charge < -0.3 is 14.7 Å². The highest BCUT2D eigenvalue weighted by atomic mass is 16.5. The molecule has 16 heavy (non-hydrogen) atoms. The van der Waals surface area contributed by atoms with E-state index in [0.717, 1.165) is 26.1 Å². The third kappa shape index (κ3) is 3.20. The van der Waals surface area contributed by atoms with Crippen LogP contribution in [0.1, 0.15) is 46.0 Å². The topological polar surface area (TPSA) is 54.2 Å². The zero-order valence-electron chi connectivity index (χ0n) is 10.7. The van der Waals surface area contributed by atoms with Gasteiger partial charge in [-0.1, -0.05) is 6.92 Å². The van der Waals surface area contributed by atoms with E-state index < -0.39 is 0 Å². The second kappa shape index (κ2) is 6.48. The zero-order valence-corrected chi connectivity index (χ0v) is 10.7. The van der Waals surface area contributed by atoms with Crippen molar-refractivity contribution >= 4 is 5.95 Å². The molecule has 0 bridgehead atoms. The Kier molecular flexibility index (Phi) is 5.25. The number of anilines is 1. The summed E-state index contributed by atoms with van der Waals surface area (Å²) in [5.41, 5.74) is 0. The summed E-state index contributed by atoms with van der Waals surface area (Å²) >= 11 is 0. The fourth-order valence-electron chi connectivity index (χ4n) is 1.49. The average Bonchev–Trinajstić information content (AvgIpc) is 2.77. The van der Waals surface area contributed by atoms with E-state index in [1.807, 2.05) is 6.92 Å². The van der Waals surface area contributed by atoms with Crippen molar-refractivity contribution in [3.8, 4) is 0 Å². The Bertz CT molecular complexity index is 296. The van der Waals surface area contributed by atoms with E-state index in [0.29, 0.717) is 11.8 Å². The minimum Gasteiger partial charge on any atom is -0.339 e. The third-order valence-corrected chi connectivity index (χ3v) is 2.55. The molecule has 0 spiro atoms. The SMILES string of the molecule is CCCNC(C)c1nc(N(CC)CC)no1. The van der Waals surface area contributed by atoms with Crippen LogP contribution < -0.4 is 10.2 Å². The van der Waals surface area contributed by atoms with Gasteiger partial charge in [0.15, 0.2) is 0 Å². The van der Waals surface area contributed by atoms with Gasteiger partial charge in [-0.3, -0.25) is 0 Å². The maximum atomic E-state index is 5.24. The van der Waals surface area contributed by atoms with E-state index >= 15 is 0 Å². The summed E-state index contributed by atoms with van der Waals surface area (Å²) in [7, 11) is 0. The molecule has 1 N–H and O–H groups in total. The lowest BCUT2D eigenvalue weighted by Crippen LogP contribution is -2.23. The van der Waals surface area contributed by atoms with Gasteiger partial charge in [0.05, 0.1) is 6.04 Å². The molecule has 0 aliphatic heterocycles. The predicted molar refractivity (Wildman–Crippen MR) is 64.6 cm³/mol. The van der Waals surface area contributed by atoms with Crippen molar-refractivity contribution < 1.29 is 4.52 Å². The van der Waals surface area contributed by atoms with Crippen LogP contribution in [-0.4, -0.2) is 29.8 Å². The van der Waals surface area contributed by atoms with Crippen molar-refractivity contribution in [2.45, 2.75) is 40.2 Å². The largest absolute Gasteiger partial charge is 0.339 e. The van der Waals surface area contributed by atoms with Crippen molar-refractivity contribution in [2.24, 2.45) is 0 Å². The molecule has 1 rings (SSSR count). The summed E-state index contributed by atoms with van der Waals surface area (Å²) in [6.45, 7) is 11.1. The van der Waals surface area contributed by atoms with Crippen molar-refractivity contribution in [3.63, 3.8) is 0 Å². The maximum Gasteiger partial charge on any atom is 0.266 e. The van der Waals surface area contributed by atoms with Crippen LogP contribution in [0.15, 0.2) is 4.52 Å². The lowest BCUT2D eigenvalue weighted by Gasteiger charge is -2.14. The van der Waals surface area contributed by atoms with Crippen LogP contribution in [0.4, 0.5) is 5.95 Å². The molecule has 0 radical (unpaired) electrons. The molecule has 0 fully saturated rings. The second-order valence-electron chi connectivity index (χ2n) is 3.78. The fraction of sp³-hybridized carbons (Fsp3) is 0.818. The summed E-state index contributed by atoms with van der Waals surface area (Å²) in [5.74, 6) is 1.35. The van der Waals surface area contributed by atoms with E-state index in [4.69, 9.17) is 4.52 Å². The first-order valence-corrected chi connectivity index (χ1v) is 6.04. The molecular weight excluding hydrogens is 204 g/mol. The Labute approximate surface area is 97.2 Å². The van der Waals surface area contributed by atoms with Crippen LogP contribution in [-0.2, 0) is 0 Å². The van der Waals surface area contributed by atoms with Gasteiger partial charge in [0, 0.05) is 13.1 Å². The third-order valence-electron chi connectivity index (χ3n) is 2.55. The first kappa shape index (κ1) is 13.0. The number of rotatable bonds is 7. The Morgan fingerprint density at radius 3 is 2.56 bits per heavy atom. The maximum absolute atomic E-state index is 5.24. The van der Waals surface area contributed by atoms with Crippen LogP contribution in [0.2, 0.25) is 0 Å². The minimum atomic E-state index is 0.122. The normalized spacial score (nSPS) is 12.8. The molecule has 1 aromatic heterocycles. The summed E-state index contributed by atoms with van der Waals surface area (Å²) in [6.07, 6.45) is 1.10. The molecular formula is C11H22N4O. The van der Waals surface area contributed by atoms with Crippen LogP contribution in [0.5, 0.6) is 0 Å². The Morgan fingerprint density at radius 1 is 1.31 bits per heavy atom. The molecule has 0 saturated heterocycles. The van der Waals surface area contributed by atoms with Crippen LogP contribution >= 0.6 is 0 Å². The van der Waals surface area contributed by atoms with Crippen molar-refractivity contribution in [3.05, 3.63) is 5.89 Å². The monoisotopic (exact) mass is 226 g/mol. The van der Waals surface area contributed by atoms with Gasteiger partial charge in [-0.05, 0) is 38.9 Å². The number of nitrogens with zero attached hydrogens (tertiary/aromatic N) is 3. The Morgan fingerprint density at radius 2 is 2.00 bits per heavy atom. The van der Waals surface area contributed by atoms with Crippen molar-refractivity contribution in [1.29, 1.82) is 0 Å². The Balaban J connectivity index is 2.62. The molecule has 1 heterocycles. The average molecular weight is 226 g/mol. The van der Waals surface area contributed by atoms with E-state index in [9.17, 15) is 0 Å². The number of nitrogens with one attached hydrogen (secondary N) is 1. The molecule has 0 aliphatic carbocycles. The van der Waals surface area contributed by atoms with Gasteiger partial charge in [-0.2, -0.15) is 4.98 Å². The van der Waals surface area contributed by atoms with Crippen molar-refractivity contribution in [1.82, 2.24) is 15.5 Å². The Hall–Kier alpha value is -1.10. The number of aromatic nitrogens is 2. The highest BCUT2D eigenvalue weighted by molar-refractivity contribution is 5.26. The van der Waals surface area contributed by atoms with Gasteiger partial charge in [0.25, 0.3) is 5.95 Å². The number of hydrogen-bond acceptors (Lipinski definition) is 5. The molecule has 0 aliphatic rings. The summed E-state index contributed by atoms with van der Waals surface area (Å²) in [6, 6.07) is 0.122. The summed E-state index contributed by atoms with van der Waals surface area (Å²) in [4.78, 5) is 6.46. The molecule has 0 aromatic carbocycles. The zero-order chi connectivity index (χ0) is 12.0. The molecule has 1 aromatic rings. The molecule has 0 saturated carbocycles. The van der Waals surface area contributed by atoms with Gasteiger partial charge in [-0.15, -0.1) is 0 Å². The van der Waals surface area contributed by atoms with E-state index in [2.05, 4.69) is 41.1 Å². The molecule has 5 heteroatoms. The van der Waals surface area contributed by atoms with Gasteiger partial charge in [-0.25, -0.2) is 0 Å². The van der Waals surface area contributed by atoms with Gasteiger partial charge in [0.1, 0.15) is 0 Å².